The quantitative estimate of drug-likeness (QED) is 0.833. The monoisotopic (exact) mass is 382 g/mol. The number of amides is 2. The van der Waals surface area contributed by atoms with E-state index in [2.05, 4.69) is 21.2 Å². The lowest BCUT2D eigenvalue weighted by atomic mass is 10.0. The number of primary amides is 1. The molecule has 0 aliphatic rings. The Hall–Kier alpha value is -2.28. The van der Waals surface area contributed by atoms with Crippen molar-refractivity contribution in [3.05, 3.63) is 69.7 Å². The van der Waals surface area contributed by atoms with Crippen LogP contribution in [0.2, 0.25) is 0 Å². The average Bonchev–Trinajstić information content (AvgIpc) is 2.47. The molecule has 0 radical (unpaired) electrons. The second kappa shape index (κ2) is 7.32. The Kier molecular flexibility index (Phi) is 5.44. The molecule has 2 aromatic carbocycles. The van der Waals surface area contributed by atoms with E-state index in [-0.39, 0.29) is 12.0 Å². The first-order chi connectivity index (χ1) is 10.9. The maximum atomic E-state index is 13.2. The molecule has 0 spiro atoms. The van der Waals surface area contributed by atoms with Crippen molar-refractivity contribution in [2.45, 2.75) is 12.5 Å². The molecule has 3 N–H and O–H groups in total. The first-order valence-electron chi connectivity index (χ1n) is 6.66. The van der Waals surface area contributed by atoms with Crippen molar-refractivity contribution in [2.75, 3.05) is 0 Å². The Morgan fingerprint density at radius 2 is 1.74 bits per heavy atom. The van der Waals surface area contributed by atoms with E-state index in [0.717, 1.165) is 22.2 Å². The van der Waals surface area contributed by atoms with Crippen molar-refractivity contribution in [1.29, 1.82) is 0 Å². The van der Waals surface area contributed by atoms with Crippen LogP contribution in [0.25, 0.3) is 0 Å². The summed E-state index contributed by atoms with van der Waals surface area (Å²) < 4.78 is 27.1. The Morgan fingerprint density at radius 1 is 1.13 bits per heavy atom. The van der Waals surface area contributed by atoms with Crippen molar-refractivity contribution in [3.63, 3.8) is 0 Å². The third kappa shape index (κ3) is 4.59. The Morgan fingerprint density at radius 3 is 2.30 bits per heavy atom. The van der Waals surface area contributed by atoms with Gasteiger partial charge in [0.05, 0.1) is 0 Å². The minimum Gasteiger partial charge on any atom is -0.368 e. The number of halogens is 3. The van der Waals surface area contributed by atoms with Gasteiger partial charge in [-0.1, -0.05) is 34.1 Å². The molecule has 23 heavy (non-hydrogen) atoms. The molecule has 0 fully saturated rings. The summed E-state index contributed by atoms with van der Waals surface area (Å²) in [6, 6.07) is 8.56. The zero-order chi connectivity index (χ0) is 17.0. The second-order valence-corrected chi connectivity index (χ2v) is 5.74. The summed E-state index contributed by atoms with van der Waals surface area (Å²) in [4.78, 5) is 23.6. The van der Waals surface area contributed by atoms with Crippen LogP contribution in [0.1, 0.15) is 15.9 Å². The third-order valence-electron chi connectivity index (χ3n) is 3.16. The van der Waals surface area contributed by atoms with Crippen LogP contribution in [-0.4, -0.2) is 17.9 Å². The van der Waals surface area contributed by atoms with Gasteiger partial charge in [-0.2, -0.15) is 0 Å². The molecule has 2 rings (SSSR count). The number of nitrogens with one attached hydrogen (secondary N) is 1. The van der Waals surface area contributed by atoms with E-state index in [1.54, 1.807) is 24.3 Å². The fourth-order valence-electron chi connectivity index (χ4n) is 2.03. The predicted octanol–water partition coefficient (Wildman–Crippen LogP) is 2.55. The highest BCUT2D eigenvalue weighted by atomic mass is 79.9. The lowest BCUT2D eigenvalue weighted by molar-refractivity contribution is -0.119. The average molecular weight is 383 g/mol. The fraction of sp³-hybridized carbons (Fsp3) is 0.125. The van der Waals surface area contributed by atoms with Crippen LogP contribution in [0.5, 0.6) is 0 Å². The highest BCUT2D eigenvalue weighted by Gasteiger charge is 2.21. The summed E-state index contributed by atoms with van der Waals surface area (Å²) in [6.45, 7) is 0. The molecule has 4 nitrogen and oxygen atoms in total. The molecule has 0 unspecified atom stereocenters. The summed E-state index contributed by atoms with van der Waals surface area (Å²) >= 11 is 3.34. The van der Waals surface area contributed by atoms with E-state index in [0.29, 0.717) is 6.07 Å². The van der Waals surface area contributed by atoms with Gasteiger partial charge >= 0.3 is 0 Å². The molecule has 0 aliphatic heterocycles. The van der Waals surface area contributed by atoms with Gasteiger partial charge in [-0.15, -0.1) is 0 Å². The summed E-state index contributed by atoms with van der Waals surface area (Å²) in [7, 11) is 0. The Bertz CT molecular complexity index is 732. The van der Waals surface area contributed by atoms with Gasteiger partial charge in [0.1, 0.15) is 17.7 Å². The standard InChI is InChI=1S/C16H13BrF2N2O2/c17-13-4-2-1-3-9(13)7-14(15(20)22)21-16(23)10-5-11(18)8-12(19)6-10/h1-6,8,14H,7H2,(H2,20,22)(H,21,23)/t14-/m0/s1. The molecule has 2 aromatic rings. The minimum atomic E-state index is -1.01. The highest BCUT2D eigenvalue weighted by Crippen LogP contribution is 2.18. The van der Waals surface area contributed by atoms with Crippen molar-refractivity contribution >= 4 is 27.7 Å². The van der Waals surface area contributed by atoms with Crippen molar-refractivity contribution in [3.8, 4) is 0 Å². The van der Waals surface area contributed by atoms with Crippen LogP contribution in [0.3, 0.4) is 0 Å². The second-order valence-electron chi connectivity index (χ2n) is 4.88. The van der Waals surface area contributed by atoms with Gasteiger partial charge in [-0.05, 0) is 23.8 Å². The van der Waals surface area contributed by atoms with Gasteiger partial charge in [0, 0.05) is 22.5 Å². The van der Waals surface area contributed by atoms with Gasteiger partial charge in [0.25, 0.3) is 5.91 Å². The summed E-state index contributed by atoms with van der Waals surface area (Å²) in [5.41, 5.74) is 5.85. The van der Waals surface area contributed by atoms with Crippen molar-refractivity contribution < 1.29 is 18.4 Å². The maximum absolute atomic E-state index is 13.2. The van der Waals surface area contributed by atoms with Crippen LogP contribution < -0.4 is 11.1 Å². The Labute approximate surface area is 139 Å². The third-order valence-corrected chi connectivity index (χ3v) is 3.93. The van der Waals surface area contributed by atoms with Gasteiger partial charge in [-0.25, -0.2) is 8.78 Å². The van der Waals surface area contributed by atoms with Gasteiger partial charge < -0.3 is 11.1 Å². The van der Waals surface area contributed by atoms with Crippen LogP contribution in [0.4, 0.5) is 8.78 Å². The lowest BCUT2D eigenvalue weighted by Crippen LogP contribution is -2.46. The van der Waals surface area contributed by atoms with Crippen LogP contribution >= 0.6 is 15.9 Å². The topological polar surface area (TPSA) is 72.2 Å². The molecule has 120 valence electrons. The van der Waals surface area contributed by atoms with E-state index in [1.807, 2.05) is 0 Å². The number of carbonyl (C=O) groups excluding carboxylic acids is 2. The minimum absolute atomic E-state index is 0.153. The van der Waals surface area contributed by atoms with Crippen LogP contribution in [0, 0.1) is 11.6 Å². The molecule has 1 atom stereocenters. The van der Waals surface area contributed by atoms with E-state index in [4.69, 9.17) is 5.73 Å². The molecular formula is C16H13BrF2N2O2. The van der Waals surface area contributed by atoms with E-state index in [9.17, 15) is 18.4 Å². The molecule has 0 saturated heterocycles. The number of hydrogen-bond acceptors (Lipinski definition) is 2. The van der Waals surface area contributed by atoms with Gasteiger partial charge in [-0.3, -0.25) is 9.59 Å². The van der Waals surface area contributed by atoms with Crippen molar-refractivity contribution in [2.24, 2.45) is 5.73 Å². The summed E-state index contributed by atoms with van der Waals surface area (Å²) in [5, 5.41) is 2.40. The summed E-state index contributed by atoms with van der Waals surface area (Å²) in [5.74, 6) is -3.28. The van der Waals surface area contributed by atoms with Crippen LogP contribution in [-0.2, 0) is 11.2 Å². The van der Waals surface area contributed by atoms with Crippen molar-refractivity contribution in [1.82, 2.24) is 5.32 Å². The van der Waals surface area contributed by atoms with E-state index >= 15 is 0 Å². The normalized spacial score (nSPS) is 11.8. The fourth-order valence-corrected chi connectivity index (χ4v) is 2.48. The SMILES string of the molecule is NC(=O)[C@H](Cc1ccccc1Br)NC(=O)c1cc(F)cc(F)c1. The first-order valence-corrected chi connectivity index (χ1v) is 7.46. The zero-order valence-corrected chi connectivity index (χ0v) is 13.4. The van der Waals surface area contributed by atoms with Gasteiger partial charge in [0.2, 0.25) is 5.91 Å². The highest BCUT2D eigenvalue weighted by molar-refractivity contribution is 9.10. The number of nitrogens with two attached hydrogens (primary N) is 1. The zero-order valence-electron chi connectivity index (χ0n) is 11.9. The maximum Gasteiger partial charge on any atom is 0.252 e. The molecule has 0 bridgehead atoms. The van der Waals surface area contributed by atoms with Gasteiger partial charge in [0.15, 0.2) is 0 Å². The number of benzene rings is 2. The molecule has 2 amide bonds. The molecule has 7 heteroatoms. The molecule has 0 heterocycles. The molecule has 0 saturated carbocycles. The summed E-state index contributed by atoms with van der Waals surface area (Å²) in [6.07, 6.45) is 0.153. The number of carbonyl (C=O) groups is 2. The molecular weight excluding hydrogens is 370 g/mol. The first kappa shape index (κ1) is 17.1. The number of rotatable bonds is 5. The smallest absolute Gasteiger partial charge is 0.252 e. The lowest BCUT2D eigenvalue weighted by Gasteiger charge is -2.16. The predicted molar refractivity (Wildman–Crippen MR) is 84.7 cm³/mol. The van der Waals surface area contributed by atoms with E-state index < -0.39 is 29.5 Å². The number of hydrogen-bond donors (Lipinski definition) is 2. The largest absolute Gasteiger partial charge is 0.368 e. The van der Waals surface area contributed by atoms with Crippen LogP contribution in [0.15, 0.2) is 46.9 Å². The molecule has 0 aliphatic carbocycles. The van der Waals surface area contributed by atoms with E-state index in [1.165, 1.54) is 0 Å². The Balaban J connectivity index is 2.18. The molecule has 0 aromatic heterocycles.